The number of benzene rings is 2. The zero-order chi connectivity index (χ0) is 16.4. The minimum atomic E-state index is -0.978. The van der Waals surface area contributed by atoms with Gasteiger partial charge in [0.1, 0.15) is 5.37 Å². The molecule has 0 radical (unpaired) electrons. The molecule has 1 unspecified atom stereocenters. The third-order valence-corrected chi connectivity index (χ3v) is 4.95. The van der Waals surface area contributed by atoms with Crippen molar-refractivity contribution in [3.8, 4) is 0 Å². The van der Waals surface area contributed by atoms with Crippen molar-refractivity contribution in [2.75, 3.05) is 17.6 Å². The quantitative estimate of drug-likeness (QED) is 0.874. The zero-order valence-electron chi connectivity index (χ0n) is 12.6. The van der Waals surface area contributed by atoms with Gasteiger partial charge in [-0.2, -0.15) is 0 Å². The predicted molar refractivity (Wildman–Crippen MR) is 88.5 cm³/mol. The van der Waals surface area contributed by atoms with Crippen LogP contribution in [0.5, 0.6) is 0 Å². The highest BCUT2D eigenvalue weighted by molar-refractivity contribution is 7.99. The molecule has 0 bridgehead atoms. The van der Waals surface area contributed by atoms with E-state index in [4.69, 9.17) is 0 Å². The van der Waals surface area contributed by atoms with Gasteiger partial charge in [-0.1, -0.05) is 29.8 Å². The maximum Gasteiger partial charge on any atom is 0.323 e. The van der Waals surface area contributed by atoms with Crippen LogP contribution in [-0.4, -0.2) is 23.2 Å². The van der Waals surface area contributed by atoms with Crippen LogP contribution in [0, 0.1) is 18.6 Å². The SMILES string of the molecule is Cc1ccc(C2SCCN2C(=O)Nc2ccc(F)c(F)c2)cc1. The number of carbonyl (C=O) groups excluding carboxylic acids is 1. The van der Waals surface area contributed by atoms with Gasteiger partial charge >= 0.3 is 6.03 Å². The van der Waals surface area contributed by atoms with Crippen LogP contribution in [0.15, 0.2) is 42.5 Å². The van der Waals surface area contributed by atoms with Crippen LogP contribution >= 0.6 is 11.8 Å². The molecule has 3 rings (SSSR count). The Hall–Kier alpha value is -2.08. The fraction of sp³-hybridized carbons (Fsp3) is 0.235. The summed E-state index contributed by atoms with van der Waals surface area (Å²) in [5.41, 5.74) is 2.46. The Kier molecular flexibility index (Phi) is 4.52. The second-order valence-electron chi connectivity index (χ2n) is 5.39. The Bertz CT molecular complexity index is 721. The number of thioether (sulfide) groups is 1. The van der Waals surface area contributed by atoms with Crippen LogP contribution in [0.3, 0.4) is 0 Å². The van der Waals surface area contributed by atoms with Crippen molar-refractivity contribution in [1.29, 1.82) is 0 Å². The van der Waals surface area contributed by atoms with Crippen molar-refractivity contribution in [2.45, 2.75) is 12.3 Å². The highest BCUT2D eigenvalue weighted by Crippen LogP contribution is 2.38. The molecule has 6 heteroatoms. The molecule has 1 fully saturated rings. The van der Waals surface area contributed by atoms with Crippen LogP contribution < -0.4 is 5.32 Å². The fourth-order valence-corrected chi connectivity index (χ4v) is 3.71. The van der Waals surface area contributed by atoms with E-state index in [2.05, 4.69) is 5.32 Å². The van der Waals surface area contributed by atoms with Crippen molar-refractivity contribution in [1.82, 2.24) is 4.90 Å². The highest BCUT2D eigenvalue weighted by Gasteiger charge is 2.30. The summed E-state index contributed by atoms with van der Waals surface area (Å²) in [6.07, 6.45) is 0. The Balaban J connectivity index is 1.75. The fourth-order valence-electron chi connectivity index (χ4n) is 2.45. The summed E-state index contributed by atoms with van der Waals surface area (Å²) in [5.74, 6) is -1.07. The van der Waals surface area contributed by atoms with E-state index in [9.17, 15) is 13.6 Å². The Morgan fingerprint density at radius 1 is 1.17 bits per heavy atom. The van der Waals surface area contributed by atoms with Gasteiger partial charge in [-0.25, -0.2) is 13.6 Å². The van der Waals surface area contributed by atoms with Gasteiger partial charge in [0.2, 0.25) is 0 Å². The van der Waals surface area contributed by atoms with Gasteiger partial charge in [0.25, 0.3) is 0 Å². The van der Waals surface area contributed by atoms with Crippen LogP contribution in [0.2, 0.25) is 0 Å². The minimum absolute atomic E-state index is 0.0686. The average molecular weight is 334 g/mol. The molecular formula is C17H16F2N2OS. The molecule has 0 aromatic heterocycles. The van der Waals surface area contributed by atoms with E-state index in [0.717, 1.165) is 29.0 Å². The van der Waals surface area contributed by atoms with E-state index in [-0.39, 0.29) is 17.1 Å². The first-order chi connectivity index (χ1) is 11.0. The number of anilines is 1. The Morgan fingerprint density at radius 2 is 1.91 bits per heavy atom. The summed E-state index contributed by atoms with van der Waals surface area (Å²) in [6, 6.07) is 11.1. The number of nitrogens with zero attached hydrogens (tertiary/aromatic N) is 1. The van der Waals surface area contributed by atoms with E-state index in [1.807, 2.05) is 31.2 Å². The number of amides is 2. The van der Waals surface area contributed by atoms with E-state index in [1.54, 1.807) is 16.7 Å². The smallest absolute Gasteiger partial charge is 0.308 e. The highest BCUT2D eigenvalue weighted by atomic mass is 32.2. The molecular weight excluding hydrogens is 318 g/mol. The van der Waals surface area contributed by atoms with Crippen molar-refractivity contribution in [3.05, 3.63) is 65.2 Å². The second-order valence-corrected chi connectivity index (χ2v) is 6.57. The molecule has 0 saturated carbocycles. The van der Waals surface area contributed by atoms with E-state index >= 15 is 0 Å². The molecule has 1 saturated heterocycles. The maximum absolute atomic E-state index is 13.2. The Labute approximate surface area is 137 Å². The molecule has 23 heavy (non-hydrogen) atoms. The molecule has 1 N–H and O–H groups in total. The van der Waals surface area contributed by atoms with Crippen LogP contribution in [-0.2, 0) is 0 Å². The molecule has 0 aliphatic carbocycles. The van der Waals surface area contributed by atoms with Gasteiger partial charge in [0.05, 0.1) is 0 Å². The van der Waals surface area contributed by atoms with Gasteiger partial charge in [-0.15, -0.1) is 11.8 Å². The van der Waals surface area contributed by atoms with Gasteiger partial charge in [0.15, 0.2) is 11.6 Å². The number of urea groups is 1. The summed E-state index contributed by atoms with van der Waals surface area (Å²) < 4.78 is 26.2. The molecule has 2 amide bonds. The zero-order valence-corrected chi connectivity index (χ0v) is 13.4. The van der Waals surface area contributed by atoms with E-state index < -0.39 is 11.6 Å². The largest absolute Gasteiger partial charge is 0.323 e. The number of carbonyl (C=O) groups is 1. The number of nitrogens with one attached hydrogen (secondary N) is 1. The number of hydrogen-bond acceptors (Lipinski definition) is 2. The van der Waals surface area contributed by atoms with Crippen LogP contribution in [0.1, 0.15) is 16.5 Å². The standard InChI is InChI=1S/C17H16F2N2OS/c1-11-2-4-12(5-3-11)16-21(8-9-23-16)17(22)20-13-6-7-14(18)15(19)10-13/h2-7,10,16H,8-9H2,1H3,(H,20,22). The van der Waals surface area contributed by atoms with Gasteiger partial charge in [0, 0.05) is 24.1 Å². The molecule has 3 nitrogen and oxygen atoms in total. The lowest BCUT2D eigenvalue weighted by molar-refractivity contribution is 0.214. The summed E-state index contributed by atoms with van der Waals surface area (Å²) in [7, 11) is 0. The molecule has 2 aromatic carbocycles. The third-order valence-electron chi connectivity index (χ3n) is 3.69. The van der Waals surface area contributed by atoms with Gasteiger partial charge < -0.3 is 10.2 Å². The van der Waals surface area contributed by atoms with Crippen molar-refractivity contribution in [2.24, 2.45) is 0 Å². The first kappa shape index (κ1) is 15.8. The minimum Gasteiger partial charge on any atom is -0.308 e. The van der Waals surface area contributed by atoms with Crippen LogP contribution in [0.4, 0.5) is 19.3 Å². The van der Waals surface area contributed by atoms with E-state index in [0.29, 0.717) is 6.54 Å². The molecule has 2 aromatic rings. The second kappa shape index (κ2) is 6.58. The number of hydrogen-bond donors (Lipinski definition) is 1. The summed E-state index contributed by atoms with van der Waals surface area (Å²) >= 11 is 1.68. The lowest BCUT2D eigenvalue weighted by atomic mass is 10.1. The molecule has 120 valence electrons. The summed E-state index contributed by atoms with van der Waals surface area (Å²) in [4.78, 5) is 14.2. The van der Waals surface area contributed by atoms with Crippen LogP contribution in [0.25, 0.3) is 0 Å². The van der Waals surface area contributed by atoms with Crippen molar-refractivity contribution in [3.63, 3.8) is 0 Å². The maximum atomic E-state index is 13.2. The van der Waals surface area contributed by atoms with Gasteiger partial charge in [-0.3, -0.25) is 0 Å². The third kappa shape index (κ3) is 3.47. The lowest BCUT2D eigenvalue weighted by Crippen LogP contribution is -2.34. The number of aryl methyl sites for hydroxylation is 1. The Morgan fingerprint density at radius 3 is 2.61 bits per heavy atom. The van der Waals surface area contributed by atoms with Gasteiger partial charge in [-0.05, 0) is 24.6 Å². The molecule has 0 spiro atoms. The number of halogens is 2. The molecule has 1 heterocycles. The topological polar surface area (TPSA) is 32.3 Å². The first-order valence-corrected chi connectivity index (χ1v) is 8.30. The molecule has 1 atom stereocenters. The molecule has 1 aliphatic heterocycles. The summed E-state index contributed by atoms with van der Waals surface area (Å²) in [5, 5.41) is 2.56. The first-order valence-electron chi connectivity index (χ1n) is 7.25. The van der Waals surface area contributed by atoms with Crippen molar-refractivity contribution >= 4 is 23.5 Å². The lowest BCUT2D eigenvalue weighted by Gasteiger charge is -2.24. The normalized spacial score (nSPS) is 17.3. The molecule has 1 aliphatic rings. The monoisotopic (exact) mass is 334 g/mol. The van der Waals surface area contributed by atoms with E-state index in [1.165, 1.54) is 6.07 Å². The average Bonchev–Trinajstić information content (AvgIpc) is 3.01. The number of rotatable bonds is 2. The predicted octanol–water partition coefficient (Wildman–Crippen LogP) is 4.55. The summed E-state index contributed by atoms with van der Waals surface area (Å²) in [6.45, 7) is 2.62. The van der Waals surface area contributed by atoms with Crippen molar-refractivity contribution < 1.29 is 13.6 Å².